The molecule has 0 unspecified atom stereocenters. The van der Waals surface area contributed by atoms with E-state index < -0.39 is 0 Å². The zero-order chi connectivity index (χ0) is 11.4. The molecule has 0 rings (SSSR count). The van der Waals surface area contributed by atoms with Crippen LogP contribution in [0.15, 0.2) is 0 Å². The smallest absolute Gasteiger partial charge is 0 e. The average Bonchev–Trinajstić information content (AvgIpc) is 2.16. The number of hydrogen-bond donors (Lipinski definition) is 1. The van der Waals surface area contributed by atoms with E-state index in [-0.39, 0.29) is 1.43 Å². The molecule has 0 aliphatic carbocycles. The van der Waals surface area contributed by atoms with E-state index in [4.69, 9.17) is 5.73 Å². The first-order valence-corrected chi connectivity index (χ1v) is 5.53. The second kappa shape index (κ2) is 283. The SMILES string of the molecule is CC.CC.CC.CCC.CCN.[HH]. The van der Waals surface area contributed by atoms with Gasteiger partial charge in [-0.1, -0.05) is 68.7 Å². The van der Waals surface area contributed by atoms with Gasteiger partial charge in [0.05, 0.1) is 0 Å². The topological polar surface area (TPSA) is 26.0 Å². The third-order valence-corrected chi connectivity index (χ3v) is 0. The van der Waals surface area contributed by atoms with E-state index >= 15 is 0 Å². The second-order valence-electron chi connectivity index (χ2n) is 1.12. The van der Waals surface area contributed by atoms with E-state index in [1.807, 2.05) is 48.5 Å². The van der Waals surface area contributed by atoms with E-state index in [0.29, 0.717) is 0 Å². The maximum atomic E-state index is 4.85. The molecule has 2 N–H and O–H groups in total. The molecule has 0 aromatic heterocycles. The Bertz CT molecular complexity index is 12.1. The summed E-state index contributed by atoms with van der Waals surface area (Å²) in [6.07, 6.45) is 1.25. The second-order valence-corrected chi connectivity index (χ2v) is 1.12. The Labute approximate surface area is 83.2 Å². The quantitative estimate of drug-likeness (QED) is 0.575. The van der Waals surface area contributed by atoms with Crippen molar-refractivity contribution in [2.45, 2.75) is 68.7 Å². The van der Waals surface area contributed by atoms with E-state index in [2.05, 4.69) is 13.8 Å². The number of rotatable bonds is 0. The molecule has 0 aromatic carbocycles. The molecule has 0 aliphatic rings. The summed E-state index contributed by atoms with van der Waals surface area (Å²) < 4.78 is 0. The molecule has 1 nitrogen and oxygen atoms in total. The highest BCUT2D eigenvalue weighted by molar-refractivity contribution is 4.00. The molecule has 0 bridgehead atoms. The Morgan fingerprint density at radius 1 is 0.750 bits per heavy atom. The number of nitrogens with two attached hydrogens (primary N) is 1. The van der Waals surface area contributed by atoms with Crippen LogP contribution in [0.2, 0.25) is 0 Å². The predicted molar refractivity (Wildman–Crippen MR) is 66.9 cm³/mol. The summed E-state index contributed by atoms with van der Waals surface area (Å²) in [6, 6.07) is 0. The highest BCUT2D eigenvalue weighted by atomic mass is 14.5. The fraction of sp³-hybridized carbons (Fsp3) is 1.00. The highest BCUT2D eigenvalue weighted by Gasteiger charge is 1.35. The van der Waals surface area contributed by atoms with Gasteiger partial charge in [-0.25, -0.2) is 0 Å². The van der Waals surface area contributed by atoms with Crippen LogP contribution >= 0.6 is 0 Å². The van der Waals surface area contributed by atoms with Crippen LogP contribution in [0.4, 0.5) is 0 Å². The van der Waals surface area contributed by atoms with Crippen molar-refractivity contribution in [3.63, 3.8) is 0 Å². The van der Waals surface area contributed by atoms with Crippen LogP contribution in [0.3, 0.4) is 0 Å². The fourth-order valence-electron chi connectivity index (χ4n) is 0. The monoisotopic (exact) mass is 181 g/mol. The zero-order valence-corrected chi connectivity index (χ0v) is 11.0. The minimum Gasteiger partial charge on any atom is -0.331 e. The third kappa shape index (κ3) is 500000. The van der Waals surface area contributed by atoms with Gasteiger partial charge >= 0.3 is 0 Å². The van der Waals surface area contributed by atoms with Crippen LogP contribution < -0.4 is 5.73 Å². The Hall–Kier alpha value is -0.0400. The van der Waals surface area contributed by atoms with Gasteiger partial charge in [0.2, 0.25) is 0 Å². The van der Waals surface area contributed by atoms with Gasteiger partial charge < -0.3 is 5.73 Å². The van der Waals surface area contributed by atoms with Crippen molar-refractivity contribution in [2.75, 3.05) is 6.54 Å². The Morgan fingerprint density at radius 2 is 0.750 bits per heavy atom. The predicted octanol–water partition coefficient (Wildman–Crippen LogP) is 4.71. The Morgan fingerprint density at radius 3 is 0.750 bits per heavy atom. The molecule has 0 radical (unpaired) electrons. The third-order valence-electron chi connectivity index (χ3n) is 0. The maximum absolute atomic E-state index is 4.85. The van der Waals surface area contributed by atoms with Crippen LogP contribution in [0.25, 0.3) is 0 Å². The van der Waals surface area contributed by atoms with Crippen molar-refractivity contribution in [3.05, 3.63) is 0 Å². The van der Waals surface area contributed by atoms with Crippen molar-refractivity contribution in [1.82, 2.24) is 0 Å². The van der Waals surface area contributed by atoms with Gasteiger partial charge in [0, 0.05) is 1.43 Å². The summed E-state index contributed by atoms with van der Waals surface area (Å²) in [5.74, 6) is 0. The molecule has 0 amide bonds. The summed E-state index contributed by atoms with van der Waals surface area (Å²) in [5, 5.41) is 0. The van der Waals surface area contributed by atoms with Gasteiger partial charge in [-0.2, -0.15) is 0 Å². The van der Waals surface area contributed by atoms with Gasteiger partial charge in [0.15, 0.2) is 0 Å². The molecule has 0 fully saturated rings. The minimum absolute atomic E-state index is 0. The van der Waals surface area contributed by atoms with Crippen molar-refractivity contribution in [3.8, 4) is 0 Å². The summed E-state index contributed by atoms with van der Waals surface area (Å²) in [7, 11) is 0. The lowest BCUT2D eigenvalue weighted by Gasteiger charge is -1.53. The Balaban J connectivity index is -0.0000000118. The van der Waals surface area contributed by atoms with Crippen molar-refractivity contribution in [2.24, 2.45) is 5.73 Å². The van der Waals surface area contributed by atoms with E-state index in [1.54, 1.807) is 0 Å². The summed E-state index contributed by atoms with van der Waals surface area (Å²) in [5.41, 5.74) is 4.85. The molecule has 0 saturated carbocycles. The zero-order valence-electron chi connectivity index (χ0n) is 11.0. The van der Waals surface area contributed by atoms with Crippen molar-refractivity contribution in [1.29, 1.82) is 0 Å². The molecular weight excluding hydrogens is 146 g/mol. The van der Waals surface area contributed by atoms with E-state index in [0.717, 1.165) is 6.54 Å². The normalized spacial score (nSPS) is 4.50. The lowest BCUT2D eigenvalue weighted by Crippen LogP contribution is -1.87. The Kier molecular flexibility index (Phi) is 699. The standard InChI is InChI=1S/C3H8.C2H7N.3C2H6.H2/c1-3-2;1-2-3;3*1-2;/h3H2,1-2H3;2-3H2,1H3;3*1-2H3;1H. The average molecular weight is 181 g/mol. The van der Waals surface area contributed by atoms with Gasteiger partial charge in [-0.3, -0.25) is 0 Å². The minimum atomic E-state index is 0. The van der Waals surface area contributed by atoms with Crippen LogP contribution in [0.5, 0.6) is 0 Å². The van der Waals surface area contributed by atoms with Gasteiger partial charge in [0.1, 0.15) is 0 Å². The summed E-state index contributed by atoms with van der Waals surface area (Å²) in [6.45, 7) is 18.9. The maximum Gasteiger partial charge on any atom is 0 e. The van der Waals surface area contributed by atoms with Crippen LogP contribution in [0.1, 0.15) is 70.2 Å². The van der Waals surface area contributed by atoms with E-state index in [9.17, 15) is 0 Å². The van der Waals surface area contributed by atoms with Gasteiger partial charge in [-0.15, -0.1) is 0 Å². The summed E-state index contributed by atoms with van der Waals surface area (Å²) >= 11 is 0. The molecular formula is C11H35N. The molecule has 0 aromatic rings. The highest BCUT2D eigenvalue weighted by Crippen LogP contribution is 1.56. The lowest BCUT2D eigenvalue weighted by atomic mass is 10.6. The van der Waals surface area contributed by atoms with Gasteiger partial charge in [0.25, 0.3) is 0 Å². The van der Waals surface area contributed by atoms with Crippen molar-refractivity contribution < 1.29 is 1.43 Å². The first kappa shape index (κ1) is 29.7. The fourth-order valence-corrected chi connectivity index (χ4v) is 0. The molecule has 84 valence electrons. The number of hydrogen-bond acceptors (Lipinski definition) is 1. The molecule has 0 heterocycles. The molecule has 0 saturated heterocycles. The molecule has 1 heteroatoms. The molecule has 0 atom stereocenters. The summed E-state index contributed by atoms with van der Waals surface area (Å²) in [4.78, 5) is 0. The van der Waals surface area contributed by atoms with Crippen LogP contribution in [-0.4, -0.2) is 6.54 Å². The first-order chi connectivity index (χ1) is 5.83. The molecule has 12 heavy (non-hydrogen) atoms. The van der Waals surface area contributed by atoms with Crippen LogP contribution in [-0.2, 0) is 0 Å². The largest absolute Gasteiger partial charge is 0.331 e. The first-order valence-electron chi connectivity index (χ1n) is 5.53. The van der Waals surface area contributed by atoms with Crippen LogP contribution in [0, 0.1) is 0 Å². The van der Waals surface area contributed by atoms with E-state index in [1.165, 1.54) is 6.42 Å². The van der Waals surface area contributed by atoms with Crippen molar-refractivity contribution >= 4 is 0 Å². The molecule has 0 spiro atoms. The lowest BCUT2D eigenvalue weighted by molar-refractivity contribution is 1.09. The van der Waals surface area contributed by atoms with Gasteiger partial charge in [-0.05, 0) is 6.54 Å². The molecule has 0 aliphatic heterocycles.